The molecule has 0 radical (unpaired) electrons. The van der Waals surface area contributed by atoms with Crippen molar-refractivity contribution in [3.63, 3.8) is 0 Å². The van der Waals surface area contributed by atoms with Crippen LogP contribution in [-0.4, -0.2) is 30.9 Å². The SMILES string of the molecule is COC(=O)c1ccc(N2C(=O)NC(=O)/C(=C\c3cc(Cl)ccc3OCc3c(C)ccc4ccccc34)C2=O)cc1. The number of hydrogen-bond donors (Lipinski definition) is 1. The van der Waals surface area contributed by atoms with Crippen LogP contribution in [0, 0.1) is 6.92 Å². The lowest BCUT2D eigenvalue weighted by Crippen LogP contribution is -2.54. The average molecular weight is 555 g/mol. The van der Waals surface area contributed by atoms with E-state index in [9.17, 15) is 19.2 Å². The number of hydrogen-bond acceptors (Lipinski definition) is 6. The maximum Gasteiger partial charge on any atom is 0.337 e. The lowest BCUT2D eigenvalue weighted by molar-refractivity contribution is -0.122. The molecule has 8 nitrogen and oxygen atoms in total. The number of carbonyl (C=O) groups is 4. The number of urea groups is 1. The first kappa shape index (κ1) is 26.6. The third-order valence-electron chi connectivity index (χ3n) is 6.57. The van der Waals surface area contributed by atoms with Gasteiger partial charge in [-0.25, -0.2) is 14.5 Å². The number of fused-ring (bicyclic) bond motifs is 1. The third kappa shape index (κ3) is 5.17. The van der Waals surface area contributed by atoms with Crippen molar-refractivity contribution in [2.45, 2.75) is 13.5 Å². The number of halogens is 1. The maximum absolute atomic E-state index is 13.4. The molecule has 1 fully saturated rings. The van der Waals surface area contributed by atoms with Crippen molar-refractivity contribution in [2.75, 3.05) is 12.0 Å². The molecule has 1 heterocycles. The van der Waals surface area contributed by atoms with Crippen molar-refractivity contribution >= 4 is 58.0 Å². The summed E-state index contributed by atoms with van der Waals surface area (Å²) in [5.74, 6) is -1.86. The molecule has 200 valence electrons. The van der Waals surface area contributed by atoms with Crippen molar-refractivity contribution in [3.05, 3.63) is 112 Å². The number of carbonyl (C=O) groups excluding carboxylic acids is 4. The monoisotopic (exact) mass is 554 g/mol. The Balaban J connectivity index is 1.47. The van der Waals surface area contributed by atoms with Gasteiger partial charge in [-0.2, -0.15) is 0 Å². The number of methoxy groups -OCH3 is 1. The predicted molar refractivity (Wildman–Crippen MR) is 151 cm³/mol. The van der Waals surface area contributed by atoms with Gasteiger partial charge in [0.05, 0.1) is 18.4 Å². The van der Waals surface area contributed by atoms with E-state index in [4.69, 9.17) is 16.3 Å². The minimum absolute atomic E-state index is 0.169. The summed E-state index contributed by atoms with van der Waals surface area (Å²) in [5, 5.41) is 4.70. The van der Waals surface area contributed by atoms with Crippen molar-refractivity contribution < 1.29 is 28.7 Å². The van der Waals surface area contributed by atoms with Crippen LogP contribution in [0.5, 0.6) is 5.75 Å². The molecule has 0 saturated carbocycles. The Kier molecular flexibility index (Phi) is 7.35. The number of amides is 4. The Morgan fingerprint density at radius 2 is 1.73 bits per heavy atom. The van der Waals surface area contributed by atoms with Crippen molar-refractivity contribution in [1.82, 2.24) is 5.32 Å². The van der Waals surface area contributed by atoms with Gasteiger partial charge in [-0.05, 0) is 71.8 Å². The Bertz CT molecular complexity index is 1710. The number of benzene rings is 4. The van der Waals surface area contributed by atoms with Crippen LogP contribution in [-0.2, 0) is 20.9 Å². The van der Waals surface area contributed by atoms with E-state index in [0.29, 0.717) is 16.3 Å². The molecule has 1 N–H and O–H groups in total. The van der Waals surface area contributed by atoms with Crippen LogP contribution < -0.4 is 15.0 Å². The van der Waals surface area contributed by atoms with Crippen LogP contribution in [0.25, 0.3) is 16.8 Å². The van der Waals surface area contributed by atoms with Crippen LogP contribution in [0.15, 0.2) is 84.4 Å². The number of anilines is 1. The Labute approximate surface area is 234 Å². The first-order valence-electron chi connectivity index (χ1n) is 12.3. The van der Waals surface area contributed by atoms with E-state index in [1.807, 2.05) is 37.3 Å². The van der Waals surface area contributed by atoms with Gasteiger partial charge in [0.2, 0.25) is 0 Å². The van der Waals surface area contributed by atoms with E-state index < -0.39 is 23.8 Å². The molecular formula is C31H23ClN2O6. The number of barbiturate groups is 1. The number of imide groups is 2. The fourth-order valence-electron chi connectivity index (χ4n) is 4.46. The molecule has 0 atom stereocenters. The van der Waals surface area contributed by atoms with E-state index in [0.717, 1.165) is 26.8 Å². The highest BCUT2D eigenvalue weighted by Gasteiger charge is 2.37. The van der Waals surface area contributed by atoms with E-state index in [-0.39, 0.29) is 23.4 Å². The van der Waals surface area contributed by atoms with Crippen LogP contribution in [0.1, 0.15) is 27.0 Å². The molecule has 1 aliphatic rings. The molecule has 4 amide bonds. The minimum Gasteiger partial charge on any atom is -0.488 e. The standard InChI is InChI=1S/C31H23ClN2O6/c1-18-7-8-19-5-3-4-6-24(19)26(18)17-40-27-14-11-22(32)15-21(27)16-25-28(35)33-31(38)34(29(25)36)23-12-9-20(10-13-23)30(37)39-2/h3-16H,17H2,1-2H3,(H,33,35,38)/b25-16+. The summed E-state index contributed by atoms with van der Waals surface area (Å²) in [6.07, 6.45) is 1.34. The maximum atomic E-state index is 13.4. The Morgan fingerprint density at radius 3 is 2.48 bits per heavy atom. The van der Waals surface area contributed by atoms with Gasteiger partial charge < -0.3 is 9.47 Å². The molecule has 0 aromatic heterocycles. The summed E-state index contributed by atoms with van der Waals surface area (Å²) in [4.78, 5) is 51.4. The summed E-state index contributed by atoms with van der Waals surface area (Å²) >= 11 is 6.26. The summed E-state index contributed by atoms with van der Waals surface area (Å²) in [7, 11) is 1.25. The lowest BCUT2D eigenvalue weighted by Gasteiger charge is -2.26. The highest BCUT2D eigenvalue weighted by molar-refractivity contribution is 6.39. The van der Waals surface area contributed by atoms with Gasteiger partial charge >= 0.3 is 12.0 Å². The average Bonchev–Trinajstić information content (AvgIpc) is 2.95. The molecule has 4 aromatic rings. The molecule has 0 aliphatic carbocycles. The third-order valence-corrected chi connectivity index (χ3v) is 6.80. The van der Waals surface area contributed by atoms with Gasteiger partial charge in [-0.3, -0.25) is 14.9 Å². The lowest BCUT2D eigenvalue weighted by atomic mass is 10.0. The first-order chi connectivity index (χ1) is 19.3. The van der Waals surface area contributed by atoms with Crippen molar-refractivity contribution in [1.29, 1.82) is 0 Å². The zero-order valence-corrected chi connectivity index (χ0v) is 22.3. The number of ether oxygens (including phenoxy) is 2. The predicted octanol–water partition coefficient (Wildman–Crippen LogP) is 5.83. The van der Waals surface area contributed by atoms with Crippen LogP contribution >= 0.6 is 11.6 Å². The second-order valence-corrected chi connectivity index (χ2v) is 9.49. The molecule has 0 unspecified atom stereocenters. The molecule has 4 aromatic carbocycles. The molecule has 1 aliphatic heterocycles. The zero-order chi connectivity index (χ0) is 28.4. The normalized spacial score (nSPS) is 14.4. The van der Waals surface area contributed by atoms with Crippen molar-refractivity contribution in [2.24, 2.45) is 0 Å². The van der Waals surface area contributed by atoms with E-state index in [1.54, 1.807) is 18.2 Å². The Hall–Kier alpha value is -4.95. The second-order valence-electron chi connectivity index (χ2n) is 9.05. The van der Waals surface area contributed by atoms with Gasteiger partial charge in [0.25, 0.3) is 11.8 Å². The van der Waals surface area contributed by atoms with E-state index in [1.165, 1.54) is 37.5 Å². The topological polar surface area (TPSA) is 102 Å². The summed E-state index contributed by atoms with van der Waals surface area (Å²) in [5.41, 5.74) is 2.57. The first-order valence-corrected chi connectivity index (χ1v) is 12.6. The van der Waals surface area contributed by atoms with Crippen LogP contribution in [0.2, 0.25) is 5.02 Å². The molecule has 5 rings (SSSR count). The summed E-state index contributed by atoms with van der Waals surface area (Å²) < 4.78 is 10.9. The number of nitrogens with one attached hydrogen (secondary N) is 1. The molecular weight excluding hydrogens is 532 g/mol. The summed E-state index contributed by atoms with van der Waals surface area (Å²) in [6, 6.07) is 21.7. The number of aryl methyl sites for hydroxylation is 1. The van der Waals surface area contributed by atoms with Gasteiger partial charge in [0.1, 0.15) is 17.9 Å². The fraction of sp³-hybridized carbons (Fsp3) is 0.0968. The molecule has 0 bridgehead atoms. The number of esters is 1. The number of nitrogens with zero attached hydrogens (tertiary/aromatic N) is 1. The van der Waals surface area contributed by atoms with Crippen molar-refractivity contribution in [3.8, 4) is 5.75 Å². The smallest absolute Gasteiger partial charge is 0.337 e. The van der Waals surface area contributed by atoms with E-state index >= 15 is 0 Å². The molecule has 40 heavy (non-hydrogen) atoms. The highest BCUT2D eigenvalue weighted by atomic mass is 35.5. The molecule has 1 saturated heterocycles. The van der Waals surface area contributed by atoms with Gasteiger partial charge in [0, 0.05) is 16.1 Å². The second kappa shape index (κ2) is 11.0. The van der Waals surface area contributed by atoms with Gasteiger partial charge in [-0.15, -0.1) is 0 Å². The quantitative estimate of drug-likeness (QED) is 0.183. The molecule has 0 spiro atoms. The van der Waals surface area contributed by atoms with Gasteiger partial charge in [-0.1, -0.05) is 48.0 Å². The largest absolute Gasteiger partial charge is 0.488 e. The van der Waals surface area contributed by atoms with Crippen LogP contribution in [0.3, 0.4) is 0 Å². The van der Waals surface area contributed by atoms with Crippen LogP contribution in [0.4, 0.5) is 10.5 Å². The summed E-state index contributed by atoms with van der Waals surface area (Å²) in [6.45, 7) is 2.24. The van der Waals surface area contributed by atoms with E-state index in [2.05, 4.69) is 16.1 Å². The Morgan fingerprint density at radius 1 is 0.975 bits per heavy atom. The zero-order valence-electron chi connectivity index (χ0n) is 21.6. The molecule has 9 heteroatoms. The highest BCUT2D eigenvalue weighted by Crippen LogP contribution is 2.30. The number of rotatable bonds is 6. The minimum atomic E-state index is -0.910. The van der Waals surface area contributed by atoms with Gasteiger partial charge in [0.15, 0.2) is 0 Å². The fourth-order valence-corrected chi connectivity index (χ4v) is 4.64.